The third-order valence-electron chi connectivity index (χ3n) is 3.79. The van der Waals surface area contributed by atoms with E-state index in [4.69, 9.17) is 10.5 Å². The number of hydrogen-bond donors (Lipinski definition) is 1. The Morgan fingerprint density at radius 2 is 1.70 bits per heavy atom. The first-order chi connectivity index (χ1) is 11.1. The molecule has 23 heavy (non-hydrogen) atoms. The highest BCUT2D eigenvalue weighted by Crippen LogP contribution is 2.27. The number of para-hydroxylation sites is 1. The summed E-state index contributed by atoms with van der Waals surface area (Å²) < 4.78 is 5.20. The van der Waals surface area contributed by atoms with Gasteiger partial charge in [-0.25, -0.2) is 9.97 Å². The molecular weight excluding hydrogens is 288 g/mol. The van der Waals surface area contributed by atoms with Gasteiger partial charge in [-0.15, -0.1) is 0 Å². The number of benzene rings is 2. The van der Waals surface area contributed by atoms with Crippen molar-refractivity contribution in [3.63, 3.8) is 0 Å². The highest BCUT2D eigenvalue weighted by atomic mass is 16.5. The van der Waals surface area contributed by atoms with Crippen molar-refractivity contribution < 1.29 is 4.74 Å². The van der Waals surface area contributed by atoms with Gasteiger partial charge in [0, 0.05) is 19.5 Å². The Morgan fingerprint density at radius 3 is 2.35 bits per heavy atom. The molecule has 0 saturated heterocycles. The molecule has 5 nitrogen and oxygen atoms in total. The minimum Gasteiger partial charge on any atom is -0.497 e. The van der Waals surface area contributed by atoms with E-state index in [-0.39, 0.29) is 6.04 Å². The minimum atomic E-state index is -0.326. The van der Waals surface area contributed by atoms with E-state index in [1.807, 2.05) is 67.5 Å². The lowest BCUT2D eigenvalue weighted by atomic mass is 10.0. The molecule has 118 valence electrons. The molecule has 0 amide bonds. The van der Waals surface area contributed by atoms with Crippen molar-refractivity contribution in [2.24, 2.45) is 5.73 Å². The number of nitrogens with zero attached hydrogens (tertiary/aromatic N) is 3. The molecule has 0 aliphatic carbocycles. The number of ether oxygens (including phenoxy) is 1. The lowest BCUT2D eigenvalue weighted by Crippen LogP contribution is -2.19. The second-order valence-electron chi connectivity index (χ2n) is 5.57. The third kappa shape index (κ3) is 2.96. The average Bonchev–Trinajstić information content (AvgIpc) is 2.60. The first-order valence-corrected chi connectivity index (χ1v) is 7.43. The van der Waals surface area contributed by atoms with Crippen LogP contribution in [0.25, 0.3) is 10.9 Å². The number of hydrogen-bond acceptors (Lipinski definition) is 5. The Hall–Kier alpha value is -2.66. The fourth-order valence-corrected chi connectivity index (χ4v) is 2.49. The van der Waals surface area contributed by atoms with Crippen LogP contribution in [0.15, 0.2) is 48.5 Å². The molecule has 0 spiro atoms. The van der Waals surface area contributed by atoms with Crippen LogP contribution in [0.2, 0.25) is 0 Å². The lowest BCUT2D eigenvalue weighted by molar-refractivity contribution is 0.414. The van der Waals surface area contributed by atoms with Crippen LogP contribution < -0.4 is 15.4 Å². The van der Waals surface area contributed by atoms with Gasteiger partial charge in [0.2, 0.25) is 5.95 Å². The summed E-state index contributed by atoms with van der Waals surface area (Å²) in [5.41, 5.74) is 9.20. The zero-order valence-electron chi connectivity index (χ0n) is 13.5. The van der Waals surface area contributed by atoms with Gasteiger partial charge in [-0.3, -0.25) is 0 Å². The second kappa shape index (κ2) is 6.22. The number of rotatable bonds is 4. The van der Waals surface area contributed by atoms with Crippen LogP contribution in [-0.2, 0) is 0 Å². The molecule has 3 aromatic rings. The van der Waals surface area contributed by atoms with Crippen LogP contribution in [0.5, 0.6) is 5.75 Å². The topological polar surface area (TPSA) is 64.3 Å². The van der Waals surface area contributed by atoms with Crippen LogP contribution in [0.1, 0.15) is 17.3 Å². The number of nitrogens with two attached hydrogens (primary N) is 1. The maximum absolute atomic E-state index is 6.49. The molecule has 1 heterocycles. The Labute approximate surface area is 135 Å². The van der Waals surface area contributed by atoms with Crippen molar-refractivity contribution in [3.8, 4) is 5.75 Å². The Kier molecular flexibility index (Phi) is 4.12. The van der Waals surface area contributed by atoms with E-state index >= 15 is 0 Å². The molecule has 1 aromatic heterocycles. The van der Waals surface area contributed by atoms with E-state index in [0.717, 1.165) is 27.9 Å². The highest BCUT2D eigenvalue weighted by molar-refractivity contribution is 5.82. The maximum atomic E-state index is 6.49. The normalized spacial score (nSPS) is 12.2. The third-order valence-corrected chi connectivity index (χ3v) is 3.79. The number of aromatic nitrogens is 2. The van der Waals surface area contributed by atoms with Crippen molar-refractivity contribution in [1.82, 2.24) is 9.97 Å². The van der Waals surface area contributed by atoms with Crippen LogP contribution in [0, 0.1) is 0 Å². The predicted octanol–water partition coefficient (Wildman–Crippen LogP) is 2.75. The van der Waals surface area contributed by atoms with Gasteiger partial charge in [0.15, 0.2) is 0 Å². The fraction of sp³-hybridized carbons (Fsp3) is 0.222. The van der Waals surface area contributed by atoms with Gasteiger partial charge in [0.05, 0.1) is 24.4 Å². The quantitative estimate of drug-likeness (QED) is 0.803. The summed E-state index contributed by atoms with van der Waals surface area (Å²) in [5.74, 6) is 1.46. The van der Waals surface area contributed by atoms with Crippen LogP contribution in [-0.4, -0.2) is 31.2 Å². The van der Waals surface area contributed by atoms with Crippen molar-refractivity contribution >= 4 is 16.9 Å². The molecule has 2 aromatic carbocycles. The van der Waals surface area contributed by atoms with E-state index in [0.29, 0.717) is 5.95 Å². The molecule has 0 bridgehead atoms. The largest absolute Gasteiger partial charge is 0.497 e. The molecule has 0 aliphatic rings. The van der Waals surface area contributed by atoms with Crippen molar-refractivity contribution in [3.05, 3.63) is 59.8 Å². The first-order valence-electron chi connectivity index (χ1n) is 7.43. The Balaban J connectivity index is 2.12. The van der Waals surface area contributed by atoms with Gasteiger partial charge >= 0.3 is 0 Å². The van der Waals surface area contributed by atoms with Gasteiger partial charge in [0.25, 0.3) is 0 Å². The van der Waals surface area contributed by atoms with Crippen LogP contribution in [0.3, 0.4) is 0 Å². The zero-order chi connectivity index (χ0) is 16.4. The van der Waals surface area contributed by atoms with Crippen molar-refractivity contribution in [2.45, 2.75) is 6.04 Å². The zero-order valence-corrected chi connectivity index (χ0v) is 13.5. The molecule has 1 atom stereocenters. The number of anilines is 1. The maximum Gasteiger partial charge on any atom is 0.225 e. The highest BCUT2D eigenvalue weighted by Gasteiger charge is 2.17. The van der Waals surface area contributed by atoms with E-state index in [2.05, 4.69) is 9.97 Å². The summed E-state index contributed by atoms with van der Waals surface area (Å²) in [6, 6.07) is 15.4. The number of methoxy groups -OCH3 is 1. The summed E-state index contributed by atoms with van der Waals surface area (Å²) in [5, 5.41) is 0.974. The molecule has 0 fully saturated rings. The average molecular weight is 308 g/mol. The van der Waals surface area contributed by atoms with Gasteiger partial charge in [-0.05, 0) is 23.8 Å². The van der Waals surface area contributed by atoms with Gasteiger partial charge in [0.1, 0.15) is 5.75 Å². The Bertz CT molecular complexity index is 815. The standard InChI is InChI=1S/C18H20N4O/c1-22(2)18-20-15-7-5-4-6-14(15)17(21-18)16(19)12-8-10-13(23-3)11-9-12/h4-11,16H,19H2,1-3H3. The minimum absolute atomic E-state index is 0.326. The van der Waals surface area contributed by atoms with Crippen molar-refractivity contribution in [1.29, 1.82) is 0 Å². The summed E-state index contributed by atoms with van der Waals surface area (Å²) in [6.07, 6.45) is 0. The first kappa shape index (κ1) is 15.2. The molecule has 1 unspecified atom stereocenters. The van der Waals surface area contributed by atoms with Gasteiger partial charge in [-0.1, -0.05) is 30.3 Å². The summed E-state index contributed by atoms with van der Waals surface area (Å²) >= 11 is 0. The summed E-state index contributed by atoms with van der Waals surface area (Å²) in [6.45, 7) is 0. The van der Waals surface area contributed by atoms with Crippen LogP contribution >= 0.6 is 0 Å². The smallest absolute Gasteiger partial charge is 0.225 e. The number of fused-ring (bicyclic) bond motifs is 1. The van der Waals surface area contributed by atoms with E-state index < -0.39 is 0 Å². The summed E-state index contributed by atoms with van der Waals surface area (Å²) in [7, 11) is 5.50. The fourth-order valence-electron chi connectivity index (χ4n) is 2.49. The molecule has 5 heteroatoms. The van der Waals surface area contributed by atoms with Crippen LogP contribution in [0.4, 0.5) is 5.95 Å². The monoisotopic (exact) mass is 308 g/mol. The second-order valence-corrected chi connectivity index (χ2v) is 5.57. The van der Waals surface area contributed by atoms with Gasteiger partial charge < -0.3 is 15.4 Å². The molecule has 2 N–H and O–H groups in total. The SMILES string of the molecule is COc1ccc(C(N)c2nc(N(C)C)nc3ccccc23)cc1. The van der Waals surface area contributed by atoms with E-state index in [1.54, 1.807) is 7.11 Å². The molecular formula is C18H20N4O. The lowest BCUT2D eigenvalue weighted by Gasteiger charge is -2.18. The molecule has 3 rings (SSSR count). The summed E-state index contributed by atoms with van der Waals surface area (Å²) in [4.78, 5) is 11.1. The van der Waals surface area contributed by atoms with E-state index in [9.17, 15) is 0 Å². The molecule has 0 aliphatic heterocycles. The molecule has 0 radical (unpaired) electrons. The Morgan fingerprint density at radius 1 is 1.00 bits per heavy atom. The predicted molar refractivity (Wildman–Crippen MR) is 92.9 cm³/mol. The van der Waals surface area contributed by atoms with E-state index in [1.165, 1.54) is 0 Å². The molecule has 0 saturated carbocycles. The van der Waals surface area contributed by atoms with Gasteiger partial charge in [-0.2, -0.15) is 0 Å². The van der Waals surface area contributed by atoms with Crippen molar-refractivity contribution in [2.75, 3.05) is 26.1 Å².